The fourth-order valence-electron chi connectivity index (χ4n) is 3.16. The first kappa shape index (κ1) is 14.4. The van der Waals surface area contributed by atoms with E-state index in [1.54, 1.807) is 0 Å². The zero-order valence-electron chi connectivity index (χ0n) is 12.9. The molecule has 2 heterocycles. The second-order valence-corrected chi connectivity index (χ2v) is 6.50. The summed E-state index contributed by atoms with van der Waals surface area (Å²) in [6, 6.07) is 0.479. The van der Waals surface area contributed by atoms with Crippen LogP contribution in [0.25, 0.3) is 0 Å². The smallest absolute Gasteiger partial charge is 0.324 e. The van der Waals surface area contributed by atoms with Gasteiger partial charge in [-0.15, -0.1) is 0 Å². The molecule has 0 spiro atoms. The summed E-state index contributed by atoms with van der Waals surface area (Å²) in [5.41, 5.74) is 0. The third kappa shape index (κ3) is 3.19. The van der Waals surface area contributed by atoms with E-state index in [0.29, 0.717) is 24.3 Å². The van der Waals surface area contributed by atoms with Crippen LogP contribution in [0.15, 0.2) is 4.52 Å². The lowest BCUT2D eigenvalue weighted by atomic mass is 10.1. The van der Waals surface area contributed by atoms with Crippen LogP contribution >= 0.6 is 0 Å². The van der Waals surface area contributed by atoms with Crippen LogP contribution in [0.4, 0.5) is 6.01 Å². The maximum absolute atomic E-state index is 12.3. The Hall–Kier alpha value is -1.59. The van der Waals surface area contributed by atoms with E-state index in [0.717, 1.165) is 19.6 Å². The van der Waals surface area contributed by atoms with Crippen molar-refractivity contribution in [3.05, 3.63) is 5.82 Å². The van der Waals surface area contributed by atoms with Gasteiger partial charge in [0, 0.05) is 25.6 Å². The molecule has 6 heteroatoms. The summed E-state index contributed by atoms with van der Waals surface area (Å²) in [6.07, 6.45) is 5.18. The van der Waals surface area contributed by atoms with Crippen LogP contribution < -0.4 is 4.90 Å². The number of aromatic nitrogens is 2. The molecule has 6 nitrogen and oxygen atoms in total. The van der Waals surface area contributed by atoms with Gasteiger partial charge in [0.2, 0.25) is 5.91 Å². The lowest BCUT2D eigenvalue weighted by Crippen LogP contribution is -2.51. The molecule has 0 radical (unpaired) electrons. The lowest BCUT2D eigenvalue weighted by molar-refractivity contribution is -0.131. The molecule has 0 atom stereocenters. The van der Waals surface area contributed by atoms with Crippen LogP contribution in [0.5, 0.6) is 0 Å². The molecule has 0 bridgehead atoms. The summed E-state index contributed by atoms with van der Waals surface area (Å²) in [5, 5.41) is 3.97. The van der Waals surface area contributed by atoms with E-state index in [1.807, 2.05) is 23.6 Å². The third-order valence-electron chi connectivity index (χ3n) is 4.49. The van der Waals surface area contributed by atoms with Gasteiger partial charge < -0.3 is 14.3 Å². The van der Waals surface area contributed by atoms with Crippen molar-refractivity contribution in [2.45, 2.75) is 45.4 Å². The number of nitrogens with zero attached hydrogens (tertiary/aromatic N) is 4. The molecule has 21 heavy (non-hydrogen) atoms. The van der Waals surface area contributed by atoms with Crippen LogP contribution in [0.2, 0.25) is 0 Å². The van der Waals surface area contributed by atoms with Gasteiger partial charge >= 0.3 is 6.01 Å². The Balaban J connectivity index is 1.58. The standard InChI is InChI=1S/C15H24N4O2/c1-11(2)14-16-15(21-17-14)19-8-7-18(13(20)10-19)9-12-5-3-4-6-12/h11-12H,3-10H2,1-2H3. The van der Waals surface area contributed by atoms with E-state index in [4.69, 9.17) is 4.52 Å². The second kappa shape index (κ2) is 6.03. The molecule has 0 unspecified atom stereocenters. The first-order valence-corrected chi connectivity index (χ1v) is 8.00. The van der Waals surface area contributed by atoms with E-state index in [1.165, 1.54) is 25.7 Å². The quantitative estimate of drug-likeness (QED) is 0.849. The van der Waals surface area contributed by atoms with E-state index in [9.17, 15) is 4.79 Å². The maximum atomic E-state index is 12.3. The minimum absolute atomic E-state index is 0.178. The van der Waals surface area contributed by atoms with Crippen molar-refractivity contribution in [1.82, 2.24) is 15.0 Å². The molecule has 0 N–H and O–H groups in total. The summed E-state index contributed by atoms with van der Waals surface area (Å²) in [7, 11) is 0. The SMILES string of the molecule is CC(C)c1noc(N2CCN(CC3CCCC3)C(=O)C2)n1. The van der Waals surface area contributed by atoms with Crippen molar-refractivity contribution < 1.29 is 9.32 Å². The first-order chi connectivity index (χ1) is 10.1. The summed E-state index contributed by atoms with van der Waals surface area (Å²) in [6.45, 7) is 6.87. The highest BCUT2D eigenvalue weighted by molar-refractivity contribution is 5.82. The summed E-state index contributed by atoms with van der Waals surface area (Å²) in [4.78, 5) is 20.6. The lowest BCUT2D eigenvalue weighted by Gasteiger charge is -2.34. The predicted molar refractivity (Wildman–Crippen MR) is 79.1 cm³/mol. The van der Waals surface area contributed by atoms with Gasteiger partial charge in [0.05, 0.1) is 0 Å². The molecule has 2 fully saturated rings. The first-order valence-electron chi connectivity index (χ1n) is 8.00. The second-order valence-electron chi connectivity index (χ2n) is 6.50. The van der Waals surface area contributed by atoms with Gasteiger partial charge in [-0.2, -0.15) is 4.98 Å². The molecule has 1 saturated carbocycles. The van der Waals surface area contributed by atoms with Crippen molar-refractivity contribution in [1.29, 1.82) is 0 Å². The largest absolute Gasteiger partial charge is 0.339 e. The highest BCUT2D eigenvalue weighted by atomic mass is 16.5. The van der Waals surface area contributed by atoms with Gasteiger partial charge in [-0.05, 0) is 18.8 Å². The van der Waals surface area contributed by atoms with Crippen LogP contribution in [-0.4, -0.2) is 47.1 Å². The molecule has 1 aromatic rings. The zero-order chi connectivity index (χ0) is 14.8. The topological polar surface area (TPSA) is 62.5 Å². The van der Waals surface area contributed by atoms with Crippen molar-refractivity contribution in [3.63, 3.8) is 0 Å². The van der Waals surface area contributed by atoms with Crippen LogP contribution in [0, 0.1) is 5.92 Å². The van der Waals surface area contributed by atoms with Crippen molar-refractivity contribution >= 4 is 11.9 Å². The van der Waals surface area contributed by atoms with Gasteiger partial charge in [0.15, 0.2) is 5.82 Å². The molecular formula is C15H24N4O2. The third-order valence-corrected chi connectivity index (χ3v) is 4.49. The van der Waals surface area contributed by atoms with Crippen LogP contribution in [0.1, 0.15) is 51.3 Å². The molecule has 1 saturated heterocycles. The number of piperazine rings is 1. The number of amides is 1. The highest BCUT2D eigenvalue weighted by Crippen LogP contribution is 2.26. The summed E-state index contributed by atoms with van der Waals surface area (Å²) < 4.78 is 5.28. The Bertz CT molecular complexity index is 494. The van der Waals surface area contributed by atoms with E-state index in [2.05, 4.69) is 10.1 Å². The van der Waals surface area contributed by atoms with Gasteiger partial charge in [0.25, 0.3) is 0 Å². The Labute approximate surface area is 125 Å². The molecule has 1 aromatic heterocycles. The Morgan fingerprint density at radius 2 is 2.05 bits per heavy atom. The molecule has 1 aliphatic carbocycles. The molecular weight excluding hydrogens is 268 g/mol. The van der Waals surface area contributed by atoms with Crippen molar-refractivity contribution in [2.24, 2.45) is 5.92 Å². The summed E-state index contributed by atoms with van der Waals surface area (Å²) in [5.74, 6) is 1.82. The number of hydrogen-bond donors (Lipinski definition) is 0. The normalized spacial score (nSPS) is 20.8. The van der Waals surface area contributed by atoms with Crippen molar-refractivity contribution in [3.8, 4) is 0 Å². The average molecular weight is 292 g/mol. The monoisotopic (exact) mass is 292 g/mol. The average Bonchev–Trinajstić information content (AvgIpc) is 3.12. The Morgan fingerprint density at radius 3 is 2.67 bits per heavy atom. The number of carbonyl (C=O) groups is 1. The predicted octanol–water partition coefficient (Wildman–Crippen LogP) is 2.03. The highest BCUT2D eigenvalue weighted by Gasteiger charge is 2.29. The van der Waals surface area contributed by atoms with Crippen molar-refractivity contribution in [2.75, 3.05) is 31.1 Å². The Kier molecular flexibility index (Phi) is 4.12. The van der Waals surface area contributed by atoms with E-state index in [-0.39, 0.29) is 11.8 Å². The van der Waals surface area contributed by atoms with Crippen LogP contribution in [0.3, 0.4) is 0 Å². The van der Waals surface area contributed by atoms with Gasteiger partial charge in [-0.1, -0.05) is 31.8 Å². The molecule has 1 amide bonds. The number of carbonyl (C=O) groups excluding carboxylic acids is 1. The van der Waals surface area contributed by atoms with Gasteiger partial charge in [-0.3, -0.25) is 4.79 Å². The minimum Gasteiger partial charge on any atom is -0.339 e. The molecule has 1 aliphatic heterocycles. The summed E-state index contributed by atoms with van der Waals surface area (Å²) >= 11 is 0. The van der Waals surface area contributed by atoms with Gasteiger partial charge in [0.1, 0.15) is 6.54 Å². The van der Waals surface area contributed by atoms with Gasteiger partial charge in [-0.25, -0.2) is 0 Å². The molecule has 2 aliphatic rings. The number of anilines is 1. The molecule has 0 aromatic carbocycles. The van der Waals surface area contributed by atoms with E-state index < -0.39 is 0 Å². The zero-order valence-corrected chi connectivity index (χ0v) is 12.9. The number of rotatable bonds is 4. The van der Waals surface area contributed by atoms with Crippen LogP contribution in [-0.2, 0) is 4.79 Å². The Morgan fingerprint density at radius 1 is 1.29 bits per heavy atom. The fourth-order valence-corrected chi connectivity index (χ4v) is 3.16. The number of hydrogen-bond acceptors (Lipinski definition) is 5. The minimum atomic E-state index is 0.178. The maximum Gasteiger partial charge on any atom is 0.324 e. The molecule has 3 rings (SSSR count). The van der Waals surface area contributed by atoms with E-state index >= 15 is 0 Å². The molecule has 116 valence electrons. The fraction of sp³-hybridized carbons (Fsp3) is 0.800.